The standard InChI is InChI=1S/C43H53ClN4O5/c1-28(2)24-38(48(39(49)26-34-13-8-10-17-36(34)44)23-22-47(6)27-31-20-18-30(5)19-21-31)42(51)45-37(41(50)46-40(29(3)4)43(52)53)25-33-15-11-14-32-12-7-9-16-35(32)33/h7-21,28-29,37-38,40H,22-27H2,1-6H3,(H,45,51)(H,46,50)(H,52,53). The van der Waals surface area contributed by atoms with Crippen LogP contribution in [0.5, 0.6) is 0 Å². The smallest absolute Gasteiger partial charge is 0.326 e. The Morgan fingerprint density at radius 3 is 2.08 bits per heavy atom. The van der Waals surface area contributed by atoms with E-state index in [1.807, 2.05) is 76.3 Å². The minimum absolute atomic E-state index is 0.00216. The van der Waals surface area contributed by atoms with Gasteiger partial charge in [-0.2, -0.15) is 0 Å². The number of fused-ring (bicyclic) bond motifs is 1. The number of halogens is 1. The molecule has 4 aromatic rings. The number of nitrogens with zero attached hydrogens (tertiary/aromatic N) is 2. The van der Waals surface area contributed by atoms with Crippen LogP contribution >= 0.6 is 11.6 Å². The van der Waals surface area contributed by atoms with Crippen LogP contribution in [0.15, 0.2) is 91.0 Å². The molecule has 3 amide bonds. The zero-order valence-electron chi connectivity index (χ0n) is 31.6. The lowest BCUT2D eigenvalue weighted by Gasteiger charge is -2.35. The van der Waals surface area contributed by atoms with Crippen LogP contribution in [0.1, 0.15) is 56.4 Å². The molecule has 0 heterocycles. The fraction of sp³-hybridized carbons (Fsp3) is 0.395. The van der Waals surface area contributed by atoms with Gasteiger partial charge >= 0.3 is 5.97 Å². The van der Waals surface area contributed by atoms with Crippen LogP contribution in [0, 0.1) is 18.8 Å². The van der Waals surface area contributed by atoms with Crippen molar-refractivity contribution in [3.63, 3.8) is 0 Å². The Morgan fingerprint density at radius 2 is 1.42 bits per heavy atom. The van der Waals surface area contributed by atoms with Crippen molar-refractivity contribution in [2.75, 3.05) is 20.1 Å². The fourth-order valence-electron chi connectivity index (χ4n) is 6.48. The number of likely N-dealkylation sites (N-methyl/N-ethyl adjacent to an activating group) is 1. The van der Waals surface area contributed by atoms with Gasteiger partial charge in [-0.1, -0.05) is 130 Å². The summed E-state index contributed by atoms with van der Waals surface area (Å²) in [6.07, 6.45) is 0.455. The molecule has 3 unspecified atom stereocenters. The second kappa shape index (κ2) is 19.4. The lowest BCUT2D eigenvalue weighted by Crippen LogP contribution is -2.58. The van der Waals surface area contributed by atoms with Crippen molar-refractivity contribution in [2.24, 2.45) is 11.8 Å². The Balaban J connectivity index is 1.68. The van der Waals surface area contributed by atoms with E-state index < -0.39 is 41.8 Å². The zero-order valence-corrected chi connectivity index (χ0v) is 32.4. The van der Waals surface area contributed by atoms with Crippen LogP contribution in [0.4, 0.5) is 0 Å². The Hall–Kier alpha value is -4.73. The van der Waals surface area contributed by atoms with Crippen molar-refractivity contribution in [3.05, 3.63) is 118 Å². The molecule has 0 saturated carbocycles. The van der Waals surface area contributed by atoms with E-state index in [1.165, 1.54) is 5.56 Å². The molecular formula is C43H53ClN4O5. The highest BCUT2D eigenvalue weighted by Gasteiger charge is 2.35. The fourth-order valence-corrected chi connectivity index (χ4v) is 6.68. The minimum Gasteiger partial charge on any atom is -0.480 e. The van der Waals surface area contributed by atoms with E-state index in [0.29, 0.717) is 30.1 Å². The molecule has 4 aromatic carbocycles. The van der Waals surface area contributed by atoms with E-state index in [4.69, 9.17) is 11.6 Å². The molecule has 282 valence electrons. The first-order valence-corrected chi connectivity index (χ1v) is 18.7. The topological polar surface area (TPSA) is 119 Å². The average molecular weight is 741 g/mol. The van der Waals surface area contributed by atoms with Gasteiger partial charge in [0.05, 0.1) is 6.42 Å². The van der Waals surface area contributed by atoms with Gasteiger partial charge in [0.1, 0.15) is 18.1 Å². The zero-order chi connectivity index (χ0) is 38.7. The van der Waals surface area contributed by atoms with Gasteiger partial charge in [0.15, 0.2) is 0 Å². The lowest BCUT2D eigenvalue weighted by molar-refractivity contribution is -0.144. The number of carbonyl (C=O) groups is 4. The average Bonchev–Trinajstić information content (AvgIpc) is 3.11. The first kappa shape index (κ1) is 41.0. The van der Waals surface area contributed by atoms with Crippen molar-refractivity contribution < 1.29 is 24.3 Å². The third-order valence-electron chi connectivity index (χ3n) is 9.46. The molecule has 0 aliphatic carbocycles. The quantitative estimate of drug-likeness (QED) is 0.105. The Morgan fingerprint density at radius 1 is 0.774 bits per heavy atom. The molecule has 0 saturated heterocycles. The van der Waals surface area contributed by atoms with Crippen LogP contribution in [0.2, 0.25) is 5.02 Å². The number of benzene rings is 4. The van der Waals surface area contributed by atoms with Crippen molar-refractivity contribution in [3.8, 4) is 0 Å². The highest BCUT2D eigenvalue weighted by molar-refractivity contribution is 6.31. The Bertz CT molecular complexity index is 1860. The lowest BCUT2D eigenvalue weighted by atomic mass is 9.96. The molecule has 0 fully saturated rings. The Labute approximate surface area is 318 Å². The van der Waals surface area contributed by atoms with Crippen molar-refractivity contribution in [1.29, 1.82) is 0 Å². The first-order valence-electron chi connectivity index (χ1n) is 18.3. The van der Waals surface area contributed by atoms with E-state index in [0.717, 1.165) is 21.9 Å². The molecule has 0 aromatic heterocycles. The van der Waals surface area contributed by atoms with Crippen molar-refractivity contribution >= 4 is 46.1 Å². The number of carboxylic acid groups (broad SMARTS) is 1. The van der Waals surface area contributed by atoms with Gasteiger partial charge in [-0.25, -0.2) is 4.79 Å². The number of rotatable bonds is 18. The number of carbonyl (C=O) groups excluding carboxylic acids is 3. The van der Waals surface area contributed by atoms with Gasteiger partial charge in [-0.15, -0.1) is 0 Å². The predicted molar refractivity (Wildman–Crippen MR) is 212 cm³/mol. The first-order chi connectivity index (χ1) is 25.2. The van der Waals surface area contributed by atoms with Crippen LogP contribution in [0.25, 0.3) is 10.8 Å². The van der Waals surface area contributed by atoms with Crippen LogP contribution < -0.4 is 10.6 Å². The molecule has 0 aliphatic heterocycles. The maximum atomic E-state index is 14.6. The minimum atomic E-state index is -1.16. The molecule has 0 aliphatic rings. The molecule has 0 spiro atoms. The maximum absolute atomic E-state index is 14.6. The molecule has 4 rings (SSSR count). The van der Waals surface area contributed by atoms with Crippen LogP contribution in [-0.2, 0) is 38.6 Å². The van der Waals surface area contributed by atoms with Gasteiger partial charge in [0.2, 0.25) is 17.7 Å². The van der Waals surface area contributed by atoms with E-state index in [9.17, 15) is 24.3 Å². The summed E-state index contributed by atoms with van der Waals surface area (Å²) < 4.78 is 0. The highest BCUT2D eigenvalue weighted by atomic mass is 35.5. The van der Waals surface area contributed by atoms with E-state index in [-0.39, 0.29) is 31.2 Å². The van der Waals surface area contributed by atoms with Gasteiger partial charge < -0.3 is 25.5 Å². The van der Waals surface area contributed by atoms with Crippen molar-refractivity contribution in [1.82, 2.24) is 20.4 Å². The second-order valence-electron chi connectivity index (χ2n) is 14.7. The highest BCUT2D eigenvalue weighted by Crippen LogP contribution is 2.22. The summed E-state index contributed by atoms with van der Waals surface area (Å²) in [6, 6.07) is 25.8. The molecule has 0 bridgehead atoms. The van der Waals surface area contributed by atoms with Crippen molar-refractivity contribution in [2.45, 2.75) is 78.6 Å². The SMILES string of the molecule is Cc1ccc(CN(C)CCN(C(=O)Cc2ccccc2Cl)C(CC(C)C)C(=O)NC(Cc2cccc3ccccc23)C(=O)NC(C(=O)O)C(C)C)cc1. The summed E-state index contributed by atoms with van der Waals surface area (Å²) in [4.78, 5) is 58.7. The monoisotopic (exact) mass is 740 g/mol. The summed E-state index contributed by atoms with van der Waals surface area (Å²) >= 11 is 6.49. The number of aryl methyl sites for hydroxylation is 1. The number of hydrogen-bond acceptors (Lipinski definition) is 5. The summed E-state index contributed by atoms with van der Waals surface area (Å²) in [6.45, 7) is 10.8. The predicted octanol–water partition coefficient (Wildman–Crippen LogP) is 6.67. The van der Waals surface area contributed by atoms with Crippen LogP contribution in [-0.4, -0.2) is 76.9 Å². The summed E-state index contributed by atoms with van der Waals surface area (Å²) in [7, 11) is 1.98. The van der Waals surface area contributed by atoms with Gasteiger partial charge in [-0.05, 0) is 65.8 Å². The molecular weight excluding hydrogens is 688 g/mol. The summed E-state index contributed by atoms with van der Waals surface area (Å²) in [5.74, 6) is -2.88. The molecule has 3 N–H and O–H groups in total. The third-order valence-corrected chi connectivity index (χ3v) is 9.83. The third kappa shape index (κ3) is 11.9. The number of nitrogens with one attached hydrogen (secondary N) is 2. The van der Waals surface area contributed by atoms with Crippen LogP contribution in [0.3, 0.4) is 0 Å². The molecule has 10 heteroatoms. The van der Waals surface area contributed by atoms with E-state index in [1.54, 1.807) is 36.9 Å². The number of carboxylic acids is 1. The maximum Gasteiger partial charge on any atom is 0.326 e. The number of aliphatic carboxylic acids is 1. The van der Waals surface area contributed by atoms with Gasteiger partial charge in [0, 0.05) is 31.1 Å². The van der Waals surface area contributed by atoms with Gasteiger partial charge in [-0.3, -0.25) is 14.4 Å². The van der Waals surface area contributed by atoms with E-state index in [2.05, 4.69) is 39.8 Å². The molecule has 3 atom stereocenters. The number of hydrogen-bond donors (Lipinski definition) is 3. The Kier molecular flexibility index (Phi) is 15.0. The summed E-state index contributed by atoms with van der Waals surface area (Å²) in [5.41, 5.74) is 3.78. The number of amides is 3. The second-order valence-corrected chi connectivity index (χ2v) is 15.1. The largest absolute Gasteiger partial charge is 0.480 e. The van der Waals surface area contributed by atoms with Gasteiger partial charge in [0.25, 0.3) is 0 Å². The molecule has 53 heavy (non-hydrogen) atoms. The normalized spacial score (nSPS) is 13.2. The van der Waals surface area contributed by atoms with E-state index >= 15 is 0 Å². The molecule has 9 nitrogen and oxygen atoms in total. The summed E-state index contributed by atoms with van der Waals surface area (Å²) in [5, 5.41) is 17.9. The molecule has 0 radical (unpaired) electrons.